The van der Waals surface area contributed by atoms with Gasteiger partial charge in [-0.1, -0.05) is 32.1 Å². The first-order chi connectivity index (χ1) is 34.2. The molecule has 371 valence electrons. The molecular weight excluding hydrogens is 998 g/mol. The Hall–Kier alpha value is -6.16. The molecule has 5 heterocycles. The van der Waals surface area contributed by atoms with Crippen molar-refractivity contribution >= 4 is 115 Å². The Labute approximate surface area is 424 Å². The van der Waals surface area contributed by atoms with Crippen LogP contribution in [0.4, 0.5) is 0 Å². The summed E-state index contributed by atoms with van der Waals surface area (Å²) in [4.78, 5) is 133. The van der Waals surface area contributed by atoms with Crippen molar-refractivity contribution < 1.29 is 70.3 Å². The third-order valence-corrected chi connectivity index (χ3v) is 16.2. The van der Waals surface area contributed by atoms with E-state index in [0.29, 0.717) is 238 Å². The molecule has 0 aliphatic carbocycles. The molecule has 0 saturated carbocycles. The molecule has 1 radical (unpaired) electrons. The van der Waals surface area contributed by atoms with Crippen molar-refractivity contribution in [1.82, 2.24) is 26.6 Å². The zero-order valence-corrected chi connectivity index (χ0v) is 40.8. The van der Waals surface area contributed by atoms with Crippen LogP contribution in [0.1, 0.15) is 238 Å². The van der Waals surface area contributed by atoms with Crippen LogP contribution in [0, 0.1) is 0 Å². The van der Waals surface area contributed by atoms with Gasteiger partial charge >= 0.3 is 0 Å². The van der Waals surface area contributed by atoms with E-state index in [-0.39, 0.29) is 51.9 Å². The molecule has 0 aromatic heterocycles. The molecule has 0 spiro atoms. The Balaban J connectivity index is 0.00000582. The van der Waals surface area contributed by atoms with E-state index in [1.54, 1.807) is 0 Å². The number of carbonyl (C=O) groups is 10. The van der Waals surface area contributed by atoms with Crippen LogP contribution in [-0.4, -0.2) is 61.0 Å². The summed E-state index contributed by atoms with van der Waals surface area (Å²) in [7, 11) is 0. The summed E-state index contributed by atoms with van der Waals surface area (Å²) < 4.78 is 0. The van der Waals surface area contributed by atoms with Gasteiger partial charge in [-0.15, -0.1) is 0 Å². The first-order valence-corrected chi connectivity index (χ1v) is 25.4. The Morgan fingerprint density at radius 1 is 0.268 bits per heavy atom. The maximum Gasteiger partial charge on any atom is 0.252 e. The summed E-state index contributed by atoms with van der Waals surface area (Å²) in [5.74, 6) is -1.71. The summed E-state index contributed by atoms with van der Waals surface area (Å²) in [6.45, 7) is 0. The van der Waals surface area contributed by atoms with Gasteiger partial charge in [0.1, 0.15) is 31.4 Å². The standard InChI is InChI=1S/C55H55N5O10.Ag/c61-21-11-1-6-16-26-31-36-41-42-37(46(31)51(66)56-26)32-27(17-7-2-12-22-62)58-53(68)48(32)39-34-29(19-9-4-14-24-64)60-55(70)50(34)40-35-30(20-10-5-15-25-65)59-54(69)49(35)38(43(41)45(40)44(39)42)33-28(18-8-3-13-23-63)57-52(67)47(33)36;/h21-30H,1-20H2,(H,56,66)(H,57,67)(H,58,68)(H,59,69)(H,60,70);/t26-,27-,28-,29-,30-;/m0./s1. The fraction of sp³-hybridized carbons (Fsp3) is 0.455. The van der Waals surface area contributed by atoms with Gasteiger partial charge in [0.2, 0.25) is 0 Å². The molecule has 6 aromatic carbocycles. The van der Waals surface area contributed by atoms with Gasteiger partial charge in [-0.05, 0) is 119 Å². The molecule has 5 atom stereocenters. The van der Waals surface area contributed by atoms with Gasteiger partial charge in [0.05, 0.1) is 58.0 Å². The van der Waals surface area contributed by atoms with Crippen molar-refractivity contribution in [2.45, 2.75) is 159 Å². The topological polar surface area (TPSA) is 231 Å². The van der Waals surface area contributed by atoms with Crippen LogP contribution in [-0.2, 0) is 46.4 Å². The molecular formula is C55H55AgN5O10. The molecule has 6 aromatic rings. The Morgan fingerprint density at radius 2 is 0.437 bits per heavy atom. The molecule has 16 heteroatoms. The number of unbranched alkanes of at least 4 members (excludes halogenated alkanes) is 10. The molecule has 5 aliphatic heterocycles. The number of nitrogens with one attached hydrogen (secondary N) is 5. The molecule has 15 nitrogen and oxygen atoms in total. The zero-order chi connectivity index (χ0) is 48.5. The van der Waals surface area contributed by atoms with Gasteiger partial charge in [0, 0.05) is 81.4 Å². The minimum atomic E-state index is -0.568. The first kappa shape index (κ1) is 48.5. The number of fused-ring (bicyclic) bond motifs is 15. The molecule has 0 bridgehead atoms. The van der Waals surface area contributed by atoms with E-state index in [0.717, 1.165) is 31.4 Å². The van der Waals surface area contributed by atoms with Gasteiger partial charge in [0.15, 0.2) is 0 Å². The van der Waals surface area contributed by atoms with E-state index >= 15 is 24.0 Å². The summed E-state index contributed by atoms with van der Waals surface area (Å²) in [6.07, 6.45) is 14.4. The smallest absolute Gasteiger partial charge is 0.252 e. The van der Waals surface area contributed by atoms with Crippen LogP contribution in [0.25, 0.3) is 53.9 Å². The summed E-state index contributed by atoms with van der Waals surface area (Å²) in [5.41, 5.74) is 5.16. The van der Waals surface area contributed by atoms with Gasteiger partial charge in [0.25, 0.3) is 29.5 Å². The van der Waals surface area contributed by atoms with E-state index in [4.69, 9.17) is 0 Å². The number of hydrogen-bond donors (Lipinski definition) is 5. The van der Waals surface area contributed by atoms with E-state index in [2.05, 4.69) is 26.6 Å². The second kappa shape index (κ2) is 19.5. The van der Waals surface area contributed by atoms with Crippen LogP contribution in [0.3, 0.4) is 0 Å². The second-order valence-electron chi connectivity index (χ2n) is 20.1. The summed E-state index contributed by atoms with van der Waals surface area (Å²) in [6, 6.07) is -2.84. The Bertz CT molecular complexity index is 2730. The Kier molecular flexibility index (Phi) is 13.3. The largest absolute Gasteiger partial charge is 0.345 e. The van der Waals surface area contributed by atoms with Crippen molar-refractivity contribution in [3.8, 4) is 0 Å². The van der Waals surface area contributed by atoms with Gasteiger partial charge in [-0.2, -0.15) is 0 Å². The maximum absolute atomic E-state index is 15.1. The molecule has 5 N–H and O–H groups in total. The molecule has 11 rings (SSSR count). The van der Waals surface area contributed by atoms with Crippen LogP contribution in [0.15, 0.2) is 0 Å². The second-order valence-corrected chi connectivity index (χ2v) is 20.1. The molecule has 71 heavy (non-hydrogen) atoms. The number of carbonyl (C=O) groups excluding carboxylic acids is 10. The average molecular weight is 1050 g/mol. The van der Waals surface area contributed by atoms with Gasteiger partial charge in [-0.3, -0.25) is 24.0 Å². The van der Waals surface area contributed by atoms with Crippen molar-refractivity contribution in [3.05, 3.63) is 55.6 Å². The average Bonchev–Trinajstić information content (AvgIpc) is 4.19. The molecule has 5 aliphatic rings. The maximum atomic E-state index is 15.1. The van der Waals surface area contributed by atoms with Crippen molar-refractivity contribution in [2.75, 3.05) is 0 Å². The van der Waals surface area contributed by atoms with E-state index in [1.165, 1.54) is 0 Å². The number of benzene rings is 5. The van der Waals surface area contributed by atoms with E-state index in [9.17, 15) is 24.0 Å². The number of aldehydes is 5. The molecule has 5 amide bonds. The van der Waals surface area contributed by atoms with E-state index < -0.39 is 30.2 Å². The zero-order valence-electron chi connectivity index (χ0n) is 39.3. The normalized spacial score (nSPS) is 20.6. The molecule has 0 saturated heterocycles. The quantitative estimate of drug-likeness (QED) is 0.0159. The predicted octanol–water partition coefficient (Wildman–Crippen LogP) is 8.48. The third kappa shape index (κ3) is 7.22. The van der Waals surface area contributed by atoms with Crippen LogP contribution >= 0.6 is 0 Å². The third-order valence-electron chi connectivity index (χ3n) is 16.2. The minimum Gasteiger partial charge on any atom is -0.345 e. The minimum absolute atomic E-state index is 0. The molecule has 0 unspecified atom stereocenters. The fourth-order valence-corrected chi connectivity index (χ4v) is 13.5. The summed E-state index contributed by atoms with van der Waals surface area (Å²) in [5, 5.41) is 23.0. The monoisotopic (exact) mass is 1050 g/mol. The van der Waals surface area contributed by atoms with Crippen molar-refractivity contribution in [2.24, 2.45) is 0 Å². The van der Waals surface area contributed by atoms with E-state index in [1.807, 2.05) is 0 Å². The first-order valence-electron chi connectivity index (χ1n) is 25.4. The van der Waals surface area contributed by atoms with Crippen LogP contribution in [0.2, 0.25) is 0 Å². The van der Waals surface area contributed by atoms with Gasteiger partial charge < -0.3 is 50.6 Å². The van der Waals surface area contributed by atoms with Crippen molar-refractivity contribution in [1.29, 1.82) is 0 Å². The van der Waals surface area contributed by atoms with Crippen molar-refractivity contribution in [3.63, 3.8) is 0 Å². The summed E-state index contributed by atoms with van der Waals surface area (Å²) >= 11 is 0. The number of amides is 5. The SMILES string of the molecule is O=CCCCC[C@@H]1NC(=O)c2c1c1c3c(c4c5c(c6c7c(c8c9c(c2c2c1c4c6c82)[C@H](CCCCC=O)NC9=O)[C@H](CCCCC=O)NC7=O)[C@H](CCCCC=O)NC5=O)[C@H](CCCCC=O)NC3=O.[Ag]. The van der Waals surface area contributed by atoms with Crippen LogP contribution < -0.4 is 26.6 Å². The van der Waals surface area contributed by atoms with Gasteiger partial charge in [-0.25, -0.2) is 0 Å². The number of hydrogen-bond acceptors (Lipinski definition) is 10. The van der Waals surface area contributed by atoms with Crippen LogP contribution in [0.5, 0.6) is 0 Å². The predicted molar refractivity (Wildman–Crippen MR) is 261 cm³/mol. The Morgan fingerprint density at radius 3 is 0.592 bits per heavy atom. The fourth-order valence-electron chi connectivity index (χ4n) is 13.5. The number of rotatable bonds is 25. The molecule has 0 fully saturated rings.